The monoisotopic (exact) mass is 296 g/mol. The molecule has 1 amide bonds. The van der Waals surface area contributed by atoms with Gasteiger partial charge in [-0.25, -0.2) is 4.79 Å². The molecule has 1 aliphatic rings. The fourth-order valence-electron chi connectivity index (χ4n) is 2.29. The van der Waals surface area contributed by atoms with E-state index in [1.165, 1.54) is 5.56 Å². The van der Waals surface area contributed by atoms with E-state index in [1.807, 2.05) is 25.7 Å². The first-order valence-electron chi connectivity index (χ1n) is 7.16. The molecule has 1 fully saturated rings. The van der Waals surface area contributed by atoms with Crippen molar-refractivity contribution < 1.29 is 9.53 Å². The van der Waals surface area contributed by atoms with Gasteiger partial charge < -0.3 is 15.0 Å². The summed E-state index contributed by atoms with van der Waals surface area (Å²) in [5, 5.41) is 7.77. The maximum absolute atomic E-state index is 12.1. The third-order valence-electron chi connectivity index (χ3n) is 3.25. The molecule has 1 atom stereocenters. The standard InChI is InChI=1S/C15H24N2O2S/c1-15(2,3)19-14(18)17-7-4-5-13(10-17)16-9-12-6-8-20-11-12/h6,8,11,13,16H,4-5,7,9-10H2,1-3H3. The van der Waals surface area contributed by atoms with Crippen molar-refractivity contribution in [3.8, 4) is 0 Å². The minimum atomic E-state index is -0.422. The summed E-state index contributed by atoms with van der Waals surface area (Å²) in [5.74, 6) is 0. The lowest BCUT2D eigenvalue weighted by Crippen LogP contribution is -2.49. The molecular weight excluding hydrogens is 272 g/mol. The van der Waals surface area contributed by atoms with Gasteiger partial charge in [-0.3, -0.25) is 0 Å². The number of amides is 1. The molecule has 1 aromatic rings. The highest BCUT2D eigenvalue weighted by molar-refractivity contribution is 7.07. The minimum Gasteiger partial charge on any atom is -0.444 e. The van der Waals surface area contributed by atoms with Crippen LogP contribution in [0.3, 0.4) is 0 Å². The van der Waals surface area contributed by atoms with Crippen molar-refractivity contribution in [2.45, 2.75) is 51.8 Å². The number of piperidine rings is 1. The van der Waals surface area contributed by atoms with Crippen LogP contribution in [0.2, 0.25) is 0 Å². The van der Waals surface area contributed by atoms with Gasteiger partial charge in [0.2, 0.25) is 0 Å². The second-order valence-corrected chi connectivity index (χ2v) is 7.06. The molecule has 1 aromatic heterocycles. The van der Waals surface area contributed by atoms with Crippen LogP contribution in [0, 0.1) is 0 Å². The maximum Gasteiger partial charge on any atom is 0.410 e. The summed E-state index contributed by atoms with van der Waals surface area (Å²) >= 11 is 1.71. The molecule has 0 radical (unpaired) electrons. The summed E-state index contributed by atoms with van der Waals surface area (Å²) in [4.78, 5) is 13.9. The number of carbonyl (C=O) groups excluding carboxylic acids is 1. The molecule has 1 unspecified atom stereocenters. The fraction of sp³-hybridized carbons (Fsp3) is 0.667. The highest BCUT2D eigenvalue weighted by atomic mass is 32.1. The lowest BCUT2D eigenvalue weighted by molar-refractivity contribution is 0.0187. The summed E-state index contributed by atoms with van der Waals surface area (Å²) in [7, 11) is 0. The molecule has 1 N–H and O–H groups in total. The number of thiophene rings is 1. The highest BCUT2D eigenvalue weighted by Crippen LogP contribution is 2.16. The van der Waals surface area contributed by atoms with Crippen molar-refractivity contribution in [3.63, 3.8) is 0 Å². The van der Waals surface area contributed by atoms with Crippen LogP contribution in [0.1, 0.15) is 39.2 Å². The van der Waals surface area contributed by atoms with Crippen LogP contribution in [0.15, 0.2) is 16.8 Å². The zero-order valence-corrected chi connectivity index (χ0v) is 13.3. The van der Waals surface area contributed by atoms with E-state index in [0.29, 0.717) is 6.04 Å². The molecule has 0 saturated carbocycles. The molecule has 0 bridgehead atoms. The third kappa shape index (κ3) is 4.80. The Morgan fingerprint density at radius 1 is 1.55 bits per heavy atom. The molecular formula is C15H24N2O2S. The maximum atomic E-state index is 12.1. The molecule has 4 nitrogen and oxygen atoms in total. The van der Waals surface area contributed by atoms with Gasteiger partial charge >= 0.3 is 6.09 Å². The number of nitrogens with one attached hydrogen (secondary N) is 1. The molecule has 1 aliphatic heterocycles. The van der Waals surface area contributed by atoms with Crippen LogP contribution in [-0.4, -0.2) is 35.7 Å². The van der Waals surface area contributed by atoms with E-state index in [9.17, 15) is 4.79 Å². The van der Waals surface area contributed by atoms with Gasteiger partial charge in [0, 0.05) is 25.7 Å². The second kappa shape index (κ2) is 6.59. The van der Waals surface area contributed by atoms with Crippen LogP contribution in [-0.2, 0) is 11.3 Å². The van der Waals surface area contributed by atoms with Crippen molar-refractivity contribution >= 4 is 17.4 Å². The number of hydrogen-bond donors (Lipinski definition) is 1. The van der Waals surface area contributed by atoms with Gasteiger partial charge in [-0.1, -0.05) is 0 Å². The van der Waals surface area contributed by atoms with Gasteiger partial charge in [0.25, 0.3) is 0 Å². The lowest BCUT2D eigenvalue weighted by atomic mass is 10.1. The Hall–Kier alpha value is -1.07. The van der Waals surface area contributed by atoms with Crippen molar-refractivity contribution in [1.82, 2.24) is 10.2 Å². The van der Waals surface area contributed by atoms with Gasteiger partial charge in [-0.05, 0) is 56.0 Å². The minimum absolute atomic E-state index is 0.195. The lowest BCUT2D eigenvalue weighted by Gasteiger charge is -2.34. The Labute approximate surface area is 125 Å². The van der Waals surface area contributed by atoms with Crippen LogP contribution in [0.4, 0.5) is 4.79 Å². The topological polar surface area (TPSA) is 41.6 Å². The van der Waals surface area contributed by atoms with Crippen LogP contribution in [0.25, 0.3) is 0 Å². The molecule has 2 rings (SSSR count). The third-order valence-corrected chi connectivity index (χ3v) is 3.98. The number of ether oxygens (including phenoxy) is 1. The Bertz CT molecular complexity index is 426. The molecule has 112 valence electrons. The summed E-state index contributed by atoms with van der Waals surface area (Å²) in [6.07, 6.45) is 1.95. The SMILES string of the molecule is CC(C)(C)OC(=O)N1CCCC(NCc2ccsc2)C1. The Morgan fingerprint density at radius 3 is 3.00 bits per heavy atom. The van der Waals surface area contributed by atoms with E-state index < -0.39 is 5.60 Å². The first-order valence-corrected chi connectivity index (χ1v) is 8.11. The quantitative estimate of drug-likeness (QED) is 0.931. The Kier molecular flexibility index (Phi) is 5.05. The number of hydrogen-bond acceptors (Lipinski definition) is 4. The molecule has 2 heterocycles. The largest absolute Gasteiger partial charge is 0.444 e. The van der Waals surface area contributed by atoms with Crippen LogP contribution >= 0.6 is 11.3 Å². The Morgan fingerprint density at radius 2 is 2.35 bits per heavy atom. The number of rotatable bonds is 3. The van der Waals surface area contributed by atoms with Gasteiger partial charge in [-0.2, -0.15) is 11.3 Å². The molecule has 0 spiro atoms. The number of nitrogens with zero attached hydrogens (tertiary/aromatic N) is 1. The van der Waals surface area contributed by atoms with Crippen molar-refractivity contribution in [2.75, 3.05) is 13.1 Å². The first-order chi connectivity index (χ1) is 9.44. The fourth-order valence-corrected chi connectivity index (χ4v) is 2.96. The smallest absolute Gasteiger partial charge is 0.410 e. The molecule has 0 aliphatic carbocycles. The zero-order valence-electron chi connectivity index (χ0n) is 12.5. The van der Waals surface area contributed by atoms with E-state index in [1.54, 1.807) is 11.3 Å². The van der Waals surface area contributed by atoms with Gasteiger partial charge in [0.05, 0.1) is 0 Å². The van der Waals surface area contributed by atoms with Crippen molar-refractivity contribution in [2.24, 2.45) is 0 Å². The predicted octanol–water partition coefficient (Wildman–Crippen LogP) is 3.24. The first kappa shape index (κ1) is 15.3. The average molecular weight is 296 g/mol. The summed E-state index contributed by atoms with van der Waals surface area (Å²) in [5.41, 5.74) is 0.887. The normalized spacial score (nSPS) is 19.9. The van der Waals surface area contributed by atoms with E-state index in [2.05, 4.69) is 22.1 Å². The Balaban J connectivity index is 1.80. The van der Waals surface area contributed by atoms with Crippen molar-refractivity contribution in [3.05, 3.63) is 22.4 Å². The van der Waals surface area contributed by atoms with Gasteiger partial charge in [0.15, 0.2) is 0 Å². The van der Waals surface area contributed by atoms with Crippen molar-refractivity contribution in [1.29, 1.82) is 0 Å². The average Bonchev–Trinajstić information content (AvgIpc) is 2.88. The predicted molar refractivity (Wildman–Crippen MR) is 82.0 cm³/mol. The zero-order chi connectivity index (χ0) is 14.6. The summed E-state index contributed by atoms with van der Waals surface area (Å²) in [6.45, 7) is 8.12. The van der Waals surface area contributed by atoms with E-state index in [-0.39, 0.29) is 6.09 Å². The molecule has 5 heteroatoms. The van der Waals surface area contributed by atoms with Gasteiger partial charge in [-0.15, -0.1) is 0 Å². The highest BCUT2D eigenvalue weighted by Gasteiger charge is 2.27. The van der Waals surface area contributed by atoms with Crippen LogP contribution in [0.5, 0.6) is 0 Å². The van der Waals surface area contributed by atoms with Gasteiger partial charge in [0.1, 0.15) is 5.60 Å². The molecule has 20 heavy (non-hydrogen) atoms. The summed E-state index contributed by atoms with van der Waals surface area (Å²) in [6, 6.07) is 2.49. The molecule has 0 aromatic carbocycles. The van der Waals surface area contributed by atoms with E-state index >= 15 is 0 Å². The number of likely N-dealkylation sites (tertiary alicyclic amines) is 1. The molecule has 1 saturated heterocycles. The van der Waals surface area contributed by atoms with Crippen LogP contribution < -0.4 is 5.32 Å². The van der Waals surface area contributed by atoms with E-state index in [0.717, 1.165) is 32.5 Å². The number of carbonyl (C=O) groups is 1. The van der Waals surface area contributed by atoms with E-state index in [4.69, 9.17) is 4.74 Å². The second-order valence-electron chi connectivity index (χ2n) is 6.28. The summed E-state index contributed by atoms with van der Waals surface area (Å²) < 4.78 is 5.44.